The molecular weight excluding hydrogens is 432 g/mol. The Kier molecular flexibility index (Phi) is 5.26. The molecule has 1 aromatic carbocycles. The zero-order valence-corrected chi connectivity index (χ0v) is 19.1. The van der Waals surface area contributed by atoms with E-state index in [1.54, 1.807) is 28.9 Å². The van der Waals surface area contributed by atoms with Gasteiger partial charge in [-0.2, -0.15) is 10.4 Å². The zero-order valence-electron chi connectivity index (χ0n) is 19.1. The van der Waals surface area contributed by atoms with Gasteiger partial charge in [-0.1, -0.05) is 0 Å². The summed E-state index contributed by atoms with van der Waals surface area (Å²) in [7, 11) is 1.81. The molecule has 4 heterocycles. The molecule has 172 valence electrons. The van der Waals surface area contributed by atoms with Gasteiger partial charge >= 0.3 is 0 Å². The van der Waals surface area contributed by atoms with Crippen molar-refractivity contribution >= 4 is 22.6 Å². The number of carbonyl (C=O) groups excluding carboxylic acids is 1. The Labute approximate surface area is 196 Å². The van der Waals surface area contributed by atoms with Crippen LogP contribution in [0.4, 0.5) is 5.69 Å². The number of rotatable bonds is 5. The number of aryl methyl sites for hydroxylation is 1. The lowest BCUT2D eigenvalue weighted by Crippen LogP contribution is -2.24. The molecule has 10 heteroatoms. The summed E-state index contributed by atoms with van der Waals surface area (Å²) in [6.45, 7) is 4.18. The lowest BCUT2D eigenvalue weighted by molar-refractivity contribution is -0.126. The van der Waals surface area contributed by atoms with E-state index in [2.05, 4.69) is 15.4 Å². The van der Waals surface area contributed by atoms with Gasteiger partial charge in [-0.05, 0) is 50.2 Å². The fourth-order valence-electron chi connectivity index (χ4n) is 4.30. The van der Waals surface area contributed by atoms with Crippen LogP contribution in [0.3, 0.4) is 0 Å². The van der Waals surface area contributed by atoms with E-state index in [4.69, 9.17) is 4.98 Å². The number of benzene rings is 1. The van der Waals surface area contributed by atoms with Gasteiger partial charge in [0.25, 0.3) is 0 Å². The number of aliphatic hydroxyl groups excluding tert-OH is 1. The van der Waals surface area contributed by atoms with Crippen LogP contribution >= 0.6 is 0 Å². The first-order chi connectivity index (χ1) is 16.3. The highest BCUT2D eigenvalue weighted by atomic mass is 16.3. The van der Waals surface area contributed by atoms with Crippen LogP contribution in [0.15, 0.2) is 42.7 Å². The van der Waals surface area contributed by atoms with Crippen LogP contribution in [-0.2, 0) is 4.79 Å². The fourth-order valence-corrected chi connectivity index (χ4v) is 4.30. The number of fused-ring (bicyclic) bond motifs is 1. The second-order valence-electron chi connectivity index (χ2n) is 8.59. The molecule has 0 bridgehead atoms. The number of aromatic nitrogens is 5. The number of imidazole rings is 1. The first-order valence-electron chi connectivity index (χ1n) is 11.0. The Morgan fingerprint density at radius 3 is 2.76 bits per heavy atom. The molecule has 0 radical (unpaired) electrons. The van der Waals surface area contributed by atoms with Gasteiger partial charge in [0.15, 0.2) is 11.5 Å². The summed E-state index contributed by atoms with van der Waals surface area (Å²) in [5, 5.41) is 27.3. The maximum absolute atomic E-state index is 11.8. The molecular formula is C24H24N8O2. The Balaban J connectivity index is 1.51. The molecule has 5 rings (SSSR count). The molecule has 1 aliphatic heterocycles. The molecule has 0 aliphatic carbocycles. The summed E-state index contributed by atoms with van der Waals surface area (Å²) in [6.07, 6.45) is 1.41. The number of aliphatic hydroxyl groups is 1. The average Bonchev–Trinajstić information content (AvgIpc) is 3.49. The maximum Gasteiger partial charge on any atom is 0.224 e. The van der Waals surface area contributed by atoms with Crippen molar-refractivity contribution in [3.05, 3.63) is 59.7 Å². The minimum absolute atomic E-state index is 0.0740. The number of pyridine rings is 1. The SMILES string of the molecule is Cc1cc(C#N)nn1-c1nc(-n2cnc3cc(NC4CC(=O)N(C)C4)ccc32)ccc1C(C)O. The molecule has 1 amide bonds. The maximum atomic E-state index is 11.8. The third kappa shape index (κ3) is 3.76. The Bertz CT molecular complexity index is 1450. The minimum atomic E-state index is -0.764. The molecule has 1 saturated heterocycles. The first kappa shape index (κ1) is 21.6. The molecule has 4 aromatic rings. The monoisotopic (exact) mass is 456 g/mol. The Morgan fingerprint density at radius 2 is 2.09 bits per heavy atom. The number of nitriles is 1. The lowest BCUT2D eigenvalue weighted by atomic mass is 10.1. The van der Waals surface area contributed by atoms with E-state index >= 15 is 0 Å². The highest BCUT2D eigenvalue weighted by molar-refractivity contribution is 5.82. The van der Waals surface area contributed by atoms with Crippen molar-refractivity contribution in [2.75, 3.05) is 18.9 Å². The van der Waals surface area contributed by atoms with Crippen LogP contribution in [0, 0.1) is 18.3 Å². The molecule has 10 nitrogen and oxygen atoms in total. The highest BCUT2D eigenvalue weighted by Crippen LogP contribution is 2.26. The first-order valence-corrected chi connectivity index (χ1v) is 11.0. The molecule has 2 atom stereocenters. The van der Waals surface area contributed by atoms with Crippen molar-refractivity contribution in [1.82, 2.24) is 29.2 Å². The average molecular weight is 457 g/mol. The fraction of sp³-hybridized carbons (Fsp3) is 0.292. The summed E-state index contributed by atoms with van der Waals surface area (Å²) in [5.41, 5.74) is 4.18. The van der Waals surface area contributed by atoms with Gasteiger partial charge in [-0.15, -0.1) is 0 Å². The summed E-state index contributed by atoms with van der Waals surface area (Å²) in [5.74, 6) is 1.21. The summed E-state index contributed by atoms with van der Waals surface area (Å²) in [6, 6.07) is 13.3. The van der Waals surface area contributed by atoms with Crippen molar-refractivity contribution in [2.45, 2.75) is 32.4 Å². The van der Waals surface area contributed by atoms with Crippen molar-refractivity contribution in [3.63, 3.8) is 0 Å². The third-order valence-corrected chi connectivity index (χ3v) is 6.05. The second-order valence-corrected chi connectivity index (χ2v) is 8.59. The quantitative estimate of drug-likeness (QED) is 0.473. The third-order valence-electron chi connectivity index (χ3n) is 6.05. The van der Waals surface area contributed by atoms with Crippen LogP contribution in [0.25, 0.3) is 22.7 Å². The molecule has 1 fully saturated rings. The van der Waals surface area contributed by atoms with Gasteiger partial charge in [0.05, 0.1) is 23.2 Å². The van der Waals surface area contributed by atoms with Crippen molar-refractivity contribution in [3.8, 4) is 17.7 Å². The van der Waals surface area contributed by atoms with Crippen LogP contribution in [0.1, 0.15) is 36.4 Å². The van der Waals surface area contributed by atoms with E-state index in [1.807, 2.05) is 54.9 Å². The number of anilines is 1. The zero-order chi connectivity index (χ0) is 24.0. The largest absolute Gasteiger partial charge is 0.389 e. The smallest absolute Gasteiger partial charge is 0.224 e. The van der Waals surface area contributed by atoms with Crippen LogP contribution in [0.5, 0.6) is 0 Å². The van der Waals surface area contributed by atoms with E-state index in [0.29, 0.717) is 30.2 Å². The van der Waals surface area contributed by atoms with Crippen LogP contribution < -0.4 is 5.32 Å². The minimum Gasteiger partial charge on any atom is -0.389 e. The Morgan fingerprint density at radius 1 is 1.26 bits per heavy atom. The van der Waals surface area contributed by atoms with E-state index in [-0.39, 0.29) is 17.6 Å². The van der Waals surface area contributed by atoms with Gasteiger partial charge in [0.2, 0.25) is 5.91 Å². The standard InChI is InChI=1S/C24H24N8O2/c1-14-8-17(11-25)29-32(14)24-19(15(2)33)5-7-22(28-24)31-13-26-20-9-16(4-6-21(20)31)27-18-10-23(34)30(3)12-18/h4-9,13,15,18,27,33H,10,12H2,1-3H3. The lowest BCUT2D eigenvalue weighted by Gasteiger charge is -2.15. The van der Waals surface area contributed by atoms with Gasteiger partial charge in [-0.3, -0.25) is 9.36 Å². The van der Waals surface area contributed by atoms with E-state index in [9.17, 15) is 15.2 Å². The predicted octanol–water partition coefficient (Wildman–Crippen LogP) is 2.48. The van der Waals surface area contributed by atoms with E-state index < -0.39 is 6.10 Å². The molecule has 0 saturated carbocycles. The summed E-state index contributed by atoms with van der Waals surface area (Å²) < 4.78 is 3.44. The van der Waals surface area contributed by atoms with Gasteiger partial charge in [0, 0.05) is 37.0 Å². The predicted molar refractivity (Wildman–Crippen MR) is 126 cm³/mol. The number of hydrogen-bond donors (Lipinski definition) is 2. The Hall–Kier alpha value is -4.23. The van der Waals surface area contributed by atoms with Crippen LogP contribution in [-0.4, -0.2) is 59.9 Å². The van der Waals surface area contributed by atoms with Crippen LogP contribution in [0.2, 0.25) is 0 Å². The number of nitrogens with one attached hydrogen (secondary N) is 1. The molecule has 2 unspecified atom stereocenters. The number of amides is 1. The van der Waals surface area contributed by atoms with Gasteiger partial charge in [-0.25, -0.2) is 14.6 Å². The molecule has 1 aliphatic rings. The topological polar surface area (TPSA) is 125 Å². The summed E-state index contributed by atoms with van der Waals surface area (Å²) in [4.78, 5) is 22.9. The molecule has 2 N–H and O–H groups in total. The van der Waals surface area contributed by atoms with Gasteiger partial charge < -0.3 is 15.3 Å². The number of likely N-dealkylation sites (tertiary alicyclic amines) is 1. The van der Waals surface area contributed by atoms with Crippen molar-refractivity contribution < 1.29 is 9.90 Å². The molecule has 34 heavy (non-hydrogen) atoms. The van der Waals surface area contributed by atoms with E-state index in [0.717, 1.165) is 22.4 Å². The molecule has 0 spiro atoms. The normalized spacial score (nSPS) is 16.7. The highest BCUT2D eigenvalue weighted by Gasteiger charge is 2.26. The van der Waals surface area contributed by atoms with Gasteiger partial charge in [0.1, 0.15) is 18.2 Å². The second kappa shape index (κ2) is 8.28. The summed E-state index contributed by atoms with van der Waals surface area (Å²) >= 11 is 0. The molecule has 3 aromatic heterocycles. The van der Waals surface area contributed by atoms with Crippen molar-refractivity contribution in [1.29, 1.82) is 5.26 Å². The number of hydrogen-bond acceptors (Lipinski definition) is 7. The van der Waals surface area contributed by atoms with Crippen molar-refractivity contribution in [2.24, 2.45) is 0 Å². The number of carbonyl (C=O) groups is 1. The number of likely N-dealkylation sites (N-methyl/N-ethyl adjacent to an activating group) is 1. The van der Waals surface area contributed by atoms with E-state index in [1.165, 1.54) is 0 Å². The number of nitrogens with zero attached hydrogens (tertiary/aromatic N) is 7.